The molecular formula is C12H13BrMg. The number of rotatable bonds is 1. The van der Waals surface area contributed by atoms with Crippen molar-refractivity contribution in [2.75, 3.05) is 0 Å². The zero-order valence-corrected chi connectivity index (χ0v) is 11.5. The molecule has 0 saturated heterocycles. The molecule has 3 aliphatic carbocycles. The molecule has 1 aromatic carbocycles. The molecule has 4 rings (SSSR count). The smallest absolute Gasteiger partial charge is 1.00 e. The van der Waals surface area contributed by atoms with E-state index in [-0.39, 0.29) is 40.0 Å². The second kappa shape index (κ2) is 4.15. The van der Waals surface area contributed by atoms with Gasteiger partial charge in [-0.1, -0.05) is 35.2 Å². The molecule has 0 unspecified atom stereocenters. The van der Waals surface area contributed by atoms with Gasteiger partial charge < -0.3 is 22.9 Å². The molecule has 1 aromatic rings. The minimum Gasteiger partial charge on any atom is -1.00 e. The summed E-state index contributed by atoms with van der Waals surface area (Å²) in [5.41, 5.74) is 3.56. The summed E-state index contributed by atoms with van der Waals surface area (Å²) >= 11 is 0. The zero-order valence-electron chi connectivity index (χ0n) is 8.52. The molecule has 0 radical (unpaired) electrons. The van der Waals surface area contributed by atoms with Crippen molar-refractivity contribution in [3.63, 3.8) is 0 Å². The molecule has 0 atom stereocenters. The van der Waals surface area contributed by atoms with Crippen LogP contribution >= 0.6 is 0 Å². The fraction of sp³-hybridized carbons (Fsp3) is 0.417. The third-order valence-electron chi connectivity index (χ3n) is 3.43. The van der Waals surface area contributed by atoms with Gasteiger partial charge in [0.25, 0.3) is 0 Å². The molecular weight excluding hydrogens is 248 g/mol. The Bertz CT molecular complexity index is 301. The quantitative estimate of drug-likeness (QED) is 0.478. The maximum Gasteiger partial charge on any atom is 2.00 e. The number of aryl methyl sites for hydroxylation is 1. The molecule has 0 nitrogen and oxygen atoms in total. The Morgan fingerprint density at radius 2 is 1.57 bits per heavy atom. The average molecular weight is 261 g/mol. The van der Waals surface area contributed by atoms with E-state index in [1.54, 1.807) is 11.5 Å². The predicted molar refractivity (Wildman–Crippen MR) is 55.7 cm³/mol. The average Bonchev–Trinajstić information content (AvgIpc) is 1.87. The Morgan fingerprint density at radius 1 is 1.07 bits per heavy atom. The normalized spacial score (nSPS) is 20.9. The molecule has 3 fully saturated rings. The van der Waals surface area contributed by atoms with Gasteiger partial charge in [0.2, 0.25) is 0 Å². The zero-order chi connectivity index (χ0) is 8.18. The van der Waals surface area contributed by atoms with Crippen molar-refractivity contribution in [2.45, 2.75) is 31.6 Å². The number of halogens is 1. The maximum atomic E-state index is 2.31. The SMILES string of the molecule is Cc1ccc(C23C[C-](C2)C3)cc1.[Br-].[Mg+2]. The number of hydrogen-bond donors (Lipinski definition) is 0. The molecule has 3 aliphatic rings. The predicted octanol–water partition coefficient (Wildman–Crippen LogP) is -0.372. The first-order valence-electron chi connectivity index (χ1n) is 4.69. The standard InChI is InChI=1S/C12H13.BrH.Mg/c1-9-2-4-11(5-3-9)12-6-10(7-12)8-12;;/h2-5H,6-8H2,1H3;1H;/q-1;;+2/p-1. The fourth-order valence-electron chi connectivity index (χ4n) is 2.49. The van der Waals surface area contributed by atoms with Crippen molar-refractivity contribution in [1.82, 2.24) is 0 Å². The Hall–Kier alpha value is 0.466. The van der Waals surface area contributed by atoms with Crippen molar-refractivity contribution in [2.24, 2.45) is 0 Å². The minimum atomic E-state index is 0. The molecule has 0 spiro atoms. The van der Waals surface area contributed by atoms with Gasteiger partial charge in [0, 0.05) is 0 Å². The summed E-state index contributed by atoms with van der Waals surface area (Å²) in [7, 11) is 0. The van der Waals surface area contributed by atoms with Crippen LogP contribution in [0.3, 0.4) is 0 Å². The third kappa shape index (κ3) is 1.66. The van der Waals surface area contributed by atoms with Crippen molar-refractivity contribution in [3.05, 3.63) is 41.3 Å². The Morgan fingerprint density at radius 3 is 1.93 bits per heavy atom. The molecule has 14 heavy (non-hydrogen) atoms. The van der Waals surface area contributed by atoms with Crippen molar-refractivity contribution in [3.8, 4) is 0 Å². The summed E-state index contributed by atoms with van der Waals surface area (Å²) in [6.07, 6.45) is 4.15. The number of hydrogen-bond acceptors (Lipinski definition) is 0. The van der Waals surface area contributed by atoms with Crippen LogP contribution in [-0.4, -0.2) is 23.1 Å². The first-order chi connectivity index (χ1) is 5.78. The fourth-order valence-corrected chi connectivity index (χ4v) is 2.49. The molecule has 0 aromatic heterocycles. The van der Waals surface area contributed by atoms with E-state index in [4.69, 9.17) is 0 Å². The van der Waals surface area contributed by atoms with E-state index in [2.05, 4.69) is 31.2 Å². The van der Waals surface area contributed by atoms with E-state index in [0.717, 1.165) is 0 Å². The van der Waals surface area contributed by atoms with Crippen LogP contribution in [0.2, 0.25) is 0 Å². The van der Waals surface area contributed by atoms with E-state index >= 15 is 0 Å². The molecule has 0 N–H and O–H groups in total. The maximum absolute atomic E-state index is 2.31. The van der Waals surface area contributed by atoms with Gasteiger partial charge in [-0.05, 0) is 12.5 Å². The van der Waals surface area contributed by atoms with Crippen LogP contribution in [0.25, 0.3) is 0 Å². The molecule has 0 amide bonds. The van der Waals surface area contributed by atoms with Gasteiger partial charge >= 0.3 is 23.1 Å². The first-order valence-corrected chi connectivity index (χ1v) is 4.69. The van der Waals surface area contributed by atoms with Gasteiger partial charge in [0.1, 0.15) is 0 Å². The second-order valence-electron chi connectivity index (χ2n) is 4.43. The van der Waals surface area contributed by atoms with Crippen LogP contribution in [0, 0.1) is 12.8 Å². The molecule has 3 saturated carbocycles. The monoisotopic (exact) mass is 260 g/mol. The minimum absolute atomic E-state index is 0. The topological polar surface area (TPSA) is 0 Å². The van der Waals surface area contributed by atoms with Crippen LogP contribution in [0.4, 0.5) is 0 Å². The van der Waals surface area contributed by atoms with Gasteiger partial charge in [-0.15, -0.1) is 0 Å². The van der Waals surface area contributed by atoms with Crippen molar-refractivity contribution in [1.29, 1.82) is 0 Å². The Kier molecular flexibility index (Phi) is 3.71. The van der Waals surface area contributed by atoms with E-state index in [1.807, 2.05) is 0 Å². The summed E-state index contributed by atoms with van der Waals surface area (Å²) in [6, 6.07) is 9.09. The van der Waals surface area contributed by atoms with Gasteiger partial charge in [-0.3, -0.25) is 0 Å². The van der Waals surface area contributed by atoms with E-state index in [0.29, 0.717) is 5.41 Å². The van der Waals surface area contributed by atoms with Crippen LogP contribution in [0.5, 0.6) is 0 Å². The largest absolute Gasteiger partial charge is 2.00 e. The first kappa shape index (κ1) is 12.5. The Labute approximate surface area is 112 Å². The summed E-state index contributed by atoms with van der Waals surface area (Å²) < 4.78 is 0. The molecule has 0 heterocycles. The summed E-state index contributed by atoms with van der Waals surface area (Å²) in [6.45, 7) is 2.15. The van der Waals surface area contributed by atoms with Crippen LogP contribution in [0.1, 0.15) is 30.4 Å². The van der Waals surface area contributed by atoms with E-state index in [1.165, 1.54) is 24.8 Å². The summed E-state index contributed by atoms with van der Waals surface area (Å²) in [5.74, 6) is 1.79. The Balaban J connectivity index is 0.000000490. The van der Waals surface area contributed by atoms with Crippen LogP contribution in [-0.2, 0) is 5.41 Å². The third-order valence-corrected chi connectivity index (χ3v) is 3.43. The van der Waals surface area contributed by atoms with E-state index in [9.17, 15) is 0 Å². The van der Waals surface area contributed by atoms with Crippen LogP contribution < -0.4 is 17.0 Å². The van der Waals surface area contributed by atoms with Crippen LogP contribution in [0.15, 0.2) is 24.3 Å². The molecule has 70 valence electrons. The van der Waals surface area contributed by atoms with Crippen molar-refractivity contribution < 1.29 is 17.0 Å². The van der Waals surface area contributed by atoms with Gasteiger partial charge in [0.15, 0.2) is 0 Å². The summed E-state index contributed by atoms with van der Waals surface area (Å²) in [5, 5.41) is 0. The van der Waals surface area contributed by atoms with Gasteiger partial charge in [0.05, 0.1) is 0 Å². The molecule has 0 aliphatic heterocycles. The second-order valence-corrected chi connectivity index (χ2v) is 4.43. The number of benzene rings is 1. The van der Waals surface area contributed by atoms with Gasteiger partial charge in [-0.25, -0.2) is 0 Å². The summed E-state index contributed by atoms with van der Waals surface area (Å²) in [4.78, 5) is 0. The van der Waals surface area contributed by atoms with Gasteiger partial charge in [-0.2, -0.15) is 19.3 Å². The molecule has 2 bridgehead atoms. The van der Waals surface area contributed by atoms with E-state index < -0.39 is 0 Å². The molecule has 2 heteroatoms. The van der Waals surface area contributed by atoms with Crippen molar-refractivity contribution >= 4 is 23.1 Å².